The van der Waals surface area contributed by atoms with Gasteiger partial charge >= 0.3 is 5.51 Å². The first-order valence-electron chi connectivity index (χ1n) is 6.58. The second-order valence-corrected chi connectivity index (χ2v) is 7.62. The van der Waals surface area contributed by atoms with E-state index >= 15 is 0 Å². The van der Waals surface area contributed by atoms with Crippen molar-refractivity contribution in [2.75, 3.05) is 11.9 Å². The lowest BCUT2D eigenvalue weighted by Crippen LogP contribution is -2.23. The molecule has 1 aromatic carbocycles. The quantitative estimate of drug-likeness (QED) is 0.821. The Balaban J connectivity index is 2.19. The van der Waals surface area contributed by atoms with Crippen molar-refractivity contribution in [2.24, 2.45) is 0 Å². The average Bonchev–Trinajstić information content (AvgIpc) is 3.00. The molecule has 0 fully saturated rings. The van der Waals surface area contributed by atoms with Gasteiger partial charge in [0.15, 0.2) is 0 Å². The molecule has 2 N–H and O–H groups in total. The van der Waals surface area contributed by atoms with Crippen LogP contribution in [-0.2, 0) is 9.84 Å². The summed E-state index contributed by atoms with van der Waals surface area (Å²) in [4.78, 5) is 0.163. The number of alkyl halides is 3. The lowest BCUT2D eigenvalue weighted by atomic mass is 10.1. The van der Waals surface area contributed by atoms with Crippen LogP contribution in [0.2, 0.25) is 0 Å². The highest BCUT2D eigenvalue weighted by atomic mass is 32.2. The van der Waals surface area contributed by atoms with Crippen LogP contribution in [0.1, 0.15) is 17.3 Å². The van der Waals surface area contributed by atoms with Gasteiger partial charge in [0.1, 0.15) is 0 Å². The van der Waals surface area contributed by atoms with E-state index in [0.717, 1.165) is 17.0 Å². The van der Waals surface area contributed by atoms with Crippen LogP contribution in [0.4, 0.5) is 18.9 Å². The first kappa shape index (κ1) is 17.8. The van der Waals surface area contributed by atoms with Crippen LogP contribution < -0.4 is 5.32 Å². The fourth-order valence-corrected chi connectivity index (χ4v) is 3.54. The highest BCUT2D eigenvalue weighted by molar-refractivity contribution is 7.92. The third kappa shape index (κ3) is 4.04. The molecule has 2 aromatic rings. The largest absolute Gasteiger partial charge is 0.501 e. The van der Waals surface area contributed by atoms with E-state index in [9.17, 15) is 21.6 Å². The van der Waals surface area contributed by atoms with Gasteiger partial charge in [0.2, 0.25) is 0 Å². The van der Waals surface area contributed by atoms with Crippen LogP contribution in [-0.4, -0.2) is 25.6 Å². The Hall–Kier alpha value is -1.58. The Morgan fingerprint density at radius 3 is 2.30 bits per heavy atom. The Morgan fingerprint density at radius 1 is 1.17 bits per heavy atom. The summed E-state index contributed by atoms with van der Waals surface area (Å²) in [6, 6.07) is 7.90. The van der Waals surface area contributed by atoms with Gasteiger partial charge in [0.05, 0.1) is 10.9 Å². The predicted molar refractivity (Wildman–Crippen MR) is 82.1 cm³/mol. The number of hydrogen-bond acceptors (Lipinski definition) is 5. The van der Waals surface area contributed by atoms with Crippen molar-refractivity contribution in [2.45, 2.75) is 22.9 Å². The monoisotopic (exact) mass is 365 g/mol. The maximum Gasteiger partial charge on any atom is 0.501 e. The molecule has 0 saturated heterocycles. The van der Waals surface area contributed by atoms with Crippen LogP contribution >= 0.6 is 11.3 Å². The van der Waals surface area contributed by atoms with Crippen molar-refractivity contribution < 1.29 is 26.7 Å². The predicted octanol–water partition coefficient (Wildman–Crippen LogP) is 3.58. The van der Waals surface area contributed by atoms with Gasteiger partial charge in [0.25, 0.3) is 9.84 Å². The number of anilines is 1. The van der Waals surface area contributed by atoms with Gasteiger partial charge in [-0.3, -0.25) is 0 Å². The molecule has 1 aromatic heterocycles. The summed E-state index contributed by atoms with van der Waals surface area (Å²) in [6.07, 6.45) is 0.420. The minimum absolute atomic E-state index is 0.0594. The Kier molecular flexibility index (Phi) is 5.33. The lowest BCUT2D eigenvalue weighted by molar-refractivity contribution is -0.0436. The number of hydrogen-bond donors (Lipinski definition) is 2. The van der Waals surface area contributed by atoms with Gasteiger partial charge in [-0.05, 0) is 42.1 Å². The highest BCUT2D eigenvalue weighted by Crippen LogP contribution is 2.32. The molecule has 0 saturated carbocycles. The normalized spacial score (nSPS) is 13.7. The van der Waals surface area contributed by atoms with Crippen molar-refractivity contribution in [3.63, 3.8) is 0 Å². The summed E-state index contributed by atoms with van der Waals surface area (Å²) in [5, 5.41) is 14.1. The molecule has 23 heavy (non-hydrogen) atoms. The van der Waals surface area contributed by atoms with Crippen molar-refractivity contribution in [3.05, 3.63) is 46.7 Å². The van der Waals surface area contributed by atoms with E-state index in [1.807, 2.05) is 17.5 Å². The molecule has 0 aliphatic carbocycles. The molecule has 0 radical (unpaired) electrons. The van der Waals surface area contributed by atoms with Crippen molar-refractivity contribution in [1.29, 1.82) is 0 Å². The first-order chi connectivity index (χ1) is 10.8. The van der Waals surface area contributed by atoms with Gasteiger partial charge in [0, 0.05) is 17.2 Å². The summed E-state index contributed by atoms with van der Waals surface area (Å²) in [5.41, 5.74) is -4.85. The summed E-state index contributed by atoms with van der Waals surface area (Å²) in [7, 11) is -5.34. The number of nitrogens with one attached hydrogen (secondary N) is 1. The van der Waals surface area contributed by atoms with E-state index < -0.39 is 20.2 Å². The van der Waals surface area contributed by atoms with Crippen molar-refractivity contribution in [1.82, 2.24) is 0 Å². The summed E-state index contributed by atoms with van der Waals surface area (Å²) in [5.74, 6) is 0. The van der Waals surface area contributed by atoms with Gasteiger partial charge in [-0.25, -0.2) is 8.42 Å². The standard InChI is InChI=1S/C14H14F3NO3S2/c15-14(16,17)23(20,21)11-5-3-10(4-6-11)18-12(7-8-19)13-2-1-9-22-13/h1-6,9,12,18-19H,7-8H2. The molecule has 0 aliphatic rings. The maximum atomic E-state index is 12.5. The molecule has 4 nitrogen and oxygen atoms in total. The molecule has 1 atom stereocenters. The second-order valence-electron chi connectivity index (χ2n) is 4.70. The van der Waals surface area contributed by atoms with E-state index in [1.54, 1.807) is 0 Å². The van der Waals surface area contributed by atoms with Crippen LogP contribution in [0.25, 0.3) is 0 Å². The molecular weight excluding hydrogens is 351 g/mol. The Bertz CT molecular complexity index is 726. The molecule has 1 heterocycles. The topological polar surface area (TPSA) is 66.4 Å². The molecule has 0 bridgehead atoms. The van der Waals surface area contributed by atoms with Gasteiger partial charge in [-0.15, -0.1) is 11.3 Å². The smallest absolute Gasteiger partial charge is 0.396 e. The van der Waals surface area contributed by atoms with E-state index in [-0.39, 0.29) is 12.6 Å². The minimum atomic E-state index is -5.34. The zero-order chi connectivity index (χ0) is 17.1. The number of sulfone groups is 1. The van der Waals surface area contributed by atoms with Crippen LogP contribution in [0.5, 0.6) is 0 Å². The van der Waals surface area contributed by atoms with Crippen molar-refractivity contribution >= 4 is 26.9 Å². The Labute approximate surface area is 135 Å². The number of aliphatic hydroxyl groups is 1. The van der Waals surface area contributed by atoms with Gasteiger partial charge in [-0.1, -0.05) is 6.07 Å². The van der Waals surface area contributed by atoms with Crippen LogP contribution in [0.15, 0.2) is 46.7 Å². The minimum Gasteiger partial charge on any atom is -0.396 e. The number of benzene rings is 1. The van der Waals surface area contributed by atoms with Crippen LogP contribution in [0.3, 0.4) is 0 Å². The molecule has 0 aliphatic heterocycles. The molecule has 126 valence electrons. The molecule has 2 rings (SSSR count). The second kappa shape index (κ2) is 6.90. The highest BCUT2D eigenvalue weighted by Gasteiger charge is 2.46. The summed E-state index contributed by atoms with van der Waals surface area (Å²) >= 11 is 1.48. The Morgan fingerprint density at radius 2 is 1.83 bits per heavy atom. The summed E-state index contributed by atoms with van der Waals surface area (Å²) in [6.45, 7) is -0.0594. The number of thiophene rings is 1. The molecule has 1 unspecified atom stereocenters. The van der Waals surface area contributed by atoms with Gasteiger partial charge in [-0.2, -0.15) is 13.2 Å². The maximum absolute atomic E-state index is 12.5. The van der Waals surface area contributed by atoms with E-state index in [4.69, 9.17) is 5.11 Å². The number of rotatable bonds is 6. The number of halogens is 3. The molecule has 9 heteroatoms. The lowest BCUT2D eigenvalue weighted by Gasteiger charge is -2.18. The van der Waals surface area contributed by atoms with E-state index in [1.165, 1.54) is 23.5 Å². The fraction of sp³-hybridized carbons (Fsp3) is 0.286. The average molecular weight is 365 g/mol. The van der Waals surface area contributed by atoms with Crippen LogP contribution in [0, 0.1) is 0 Å². The number of aliphatic hydroxyl groups excluding tert-OH is 1. The molecule has 0 spiro atoms. The van der Waals surface area contributed by atoms with Gasteiger partial charge < -0.3 is 10.4 Å². The third-order valence-corrected chi connectivity index (χ3v) is 5.60. The van der Waals surface area contributed by atoms with Crippen molar-refractivity contribution in [3.8, 4) is 0 Å². The SMILES string of the molecule is O=S(=O)(c1ccc(NC(CCO)c2cccs2)cc1)C(F)(F)F. The van der Waals surface area contributed by atoms with E-state index in [2.05, 4.69) is 5.32 Å². The third-order valence-electron chi connectivity index (χ3n) is 3.11. The summed E-state index contributed by atoms with van der Waals surface area (Å²) < 4.78 is 60.1. The fourth-order valence-electron chi connectivity index (χ4n) is 1.97. The zero-order valence-electron chi connectivity index (χ0n) is 11.7. The zero-order valence-corrected chi connectivity index (χ0v) is 13.4. The molecule has 0 amide bonds. The first-order valence-corrected chi connectivity index (χ1v) is 8.94. The molecular formula is C14H14F3NO3S2. The van der Waals surface area contributed by atoms with E-state index in [0.29, 0.717) is 12.1 Å².